The van der Waals surface area contributed by atoms with E-state index in [2.05, 4.69) is 13.8 Å². The third-order valence-electron chi connectivity index (χ3n) is 1.82. The molecule has 84 valence electrons. The van der Waals surface area contributed by atoms with Gasteiger partial charge in [0.05, 0.1) is 13.2 Å². The predicted octanol–water partition coefficient (Wildman–Crippen LogP) is 2.74. The Balaban J connectivity index is 0.000000162. The van der Waals surface area contributed by atoms with Gasteiger partial charge in [-0.1, -0.05) is 50.2 Å². The summed E-state index contributed by atoms with van der Waals surface area (Å²) in [5, 5.41) is 0. The van der Waals surface area contributed by atoms with Crippen LogP contribution in [0.1, 0.15) is 13.8 Å². The smallest absolute Gasteiger partial charge is 0.104 e. The summed E-state index contributed by atoms with van der Waals surface area (Å²) in [6, 6.07) is 12.0. The van der Waals surface area contributed by atoms with Crippen molar-refractivity contribution >= 4 is 0 Å². The van der Waals surface area contributed by atoms with E-state index in [1.54, 1.807) is 0 Å². The van der Waals surface area contributed by atoms with Gasteiger partial charge < -0.3 is 9.47 Å². The Bertz CT molecular complexity index is 201. The Hall–Kier alpha value is -0.860. The normalized spacial score (nSPS) is 18.2. The fourth-order valence-corrected chi connectivity index (χ4v) is 0.984. The number of epoxide rings is 1. The average Bonchev–Trinajstić information content (AvgIpc) is 3.05. The number of ether oxygens (including phenoxy) is 2. The molecular weight excluding hydrogens is 188 g/mol. The van der Waals surface area contributed by atoms with Gasteiger partial charge in [-0.15, -0.1) is 0 Å². The quantitative estimate of drug-likeness (QED) is 0.710. The summed E-state index contributed by atoms with van der Waals surface area (Å²) >= 11 is 0. The first kappa shape index (κ1) is 12.2. The second-order valence-electron chi connectivity index (χ2n) is 4.04. The monoisotopic (exact) mass is 208 g/mol. The minimum atomic E-state index is 0.420. The van der Waals surface area contributed by atoms with Crippen LogP contribution >= 0.6 is 0 Å². The molecule has 0 saturated carbocycles. The van der Waals surface area contributed by atoms with Crippen molar-refractivity contribution in [3.05, 3.63) is 36.4 Å². The molecule has 0 amide bonds. The maximum absolute atomic E-state index is 5.29. The van der Waals surface area contributed by atoms with E-state index in [1.165, 1.54) is 0 Å². The Morgan fingerprint density at radius 2 is 1.60 bits per heavy atom. The van der Waals surface area contributed by atoms with E-state index in [0.717, 1.165) is 19.8 Å². The lowest BCUT2D eigenvalue weighted by molar-refractivity contribution is 0.0952. The minimum Gasteiger partial charge on any atom is -0.378 e. The Morgan fingerprint density at radius 1 is 1.13 bits per heavy atom. The predicted molar refractivity (Wildman–Crippen MR) is 61.8 cm³/mol. The van der Waals surface area contributed by atoms with Crippen molar-refractivity contribution in [3.8, 4) is 0 Å². The summed E-state index contributed by atoms with van der Waals surface area (Å²) in [6.07, 6.45) is 0.420. The Morgan fingerprint density at radius 3 is 1.93 bits per heavy atom. The van der Waals surface area contributed by atoms with Gasteiger partial charge in [-0.2, -0.15) is 0 Å². The van der Waals surface area contributed by atoms with Gasteiger partial charge in [0.2, 0.25) is 0 Å². The minimum absolute atomic E-state index is 0.420. The lowest BCUT2D eigenvalue weighted by atomic mass is 10.2. The topological polar surface area (TPSA) is 21.8 Å². The lowest BCUT2D eigenvalue weighted by Gasteiger charge is -2.03. The van der Waals surface area contributed by atoms with Crippen LogP contribution in [0.4, 0.5) is 0 Å². The molecule has 2 nitrogen and oxygen atoms in total. The van der Waals surface area contributed by atoms with E-state index in [4.69, 9.17) is 9.47 Å². The van der Waals surface area contributed by atoms with Gasteiger partial charge in [0, 0.05) is 6.61 Å². The van der Waals surface area contributed by atoms with Crippen molar-refractivity contribution in [2.45, 2.75) is 20.0 Å². The number of hydrogen-bond acceptors (Lipinski definition) is 2. The molecule has 1 aromatic carbocycles. The highest BCUT2D eigenvalue weighted by Crippen LogP contribution is 2.08. The summed E-state index contributed by atoms with van der Waals surface area (Å²) in [4.78, 5) is 0. The zero-order valence-electron chi connectivity index (χ0n) is 9.56. The molecule has 0 aromatic heterocycles. The van der Waals surface area contributed by atoms with Gasteiger partial charge in [-0.3, -0.25) is 0 Å². The van der Waals surface area contributed by atoms with Crippen LogP contribution in [0, 0.1) is 5.92 Å². The molecule has 1 unspecified atom stereocenters. The van der Waals surface area contributed by atoms with E-state index < -0.39 is 0 Å². The molecule has 1 aliphatic heterocycles. The zero-order chi connectivity index (χ0) is 10.9. The fraction of sp³-hybridized carbons (Fsp3) is 0.538. The molecule has 1 aromatic rings. The first-order chi connectivity index (χ1) is 7.29. The summed E-state index contributed by atoms with van der Waals surface area (Å²) < 4.78 is 10.3. The Labute approximate surface area is 92.2 Å². The van der Waals surface area contributed by atoms with Crippen LogP contribution in [0.3, 0.4) is 0 Å². The molecular formula is C13H20O2. The van der Waals surface area contributed by atoms with E-state index >= 15 is 0 Å². The van der Waals surface area contributed by atoms with Crippen LogP contribution < -0.4 is 0 Å². The molecule has 1 atom stereocenters. The van der Waals surface area contributed by atoms with Crippen molar-refractivity contribution in [1.29, 1.82) is 0 Å². The van der Waals surface area contributed by atoms with Crippen LogP contribution in [-0.4, -0.2) is 25.9 Å². The summed E-state index contributed by atoms with van der Waals surface area (Å²) in [7, 11) is 0. The lowest BCUT2D eigenvalue weighted by Crippen LogP contribution is -2.06. The number of rotatable bonds is 4. The third kappa shape index (κ3) is 8.16. The van der Waals surface area contributed by atoms with Gasteiger partial charge in [0.1, 0.15) is 6.10 Å². The number of hydrogen-bond donors (Lipinski definition) is 0. The third-order valence-corrected chi connectivity index (χ3v) is 1.82. The Kier molecular flexibility index (Phi) is 6.05. The molecule has 0 spiro atoms. The van der Waals surface area contributed by atoms with Crippen LogP contribution in [0.2, 0.25) is 0 Å². The first-order valence-electron chi connectivity index (χ1n) is 5.48. The molecule has 2 rings (SSSR count). The van der Waals surface area contributed by atoms with Gasteiger partial charge >= 0.3 is 0 Å². The molecule has 0 aliphatic carbocycles. The van der Waals surface area contributed by atoms with Crippen molar-refractivity contribution in [2.75, 3.05) is 19.8 Å². The first-order valence-corrected chi connectivity index (χ1v) is 5.48. The standard InChI is InChI=1S/C7H14O2.C6H6/c1-6(2)3-8-4-7-5-9-7;1-2-4-6-5-3-1/h6-7H,3-5H2,1-2H3;1-6H. The average molecular weight is 208 g/mol. The molecule has 0 bridgehead atoms. The molecule has 1 fully saturated rings. The number of benzene rings is 1. The van der Waals surface area contributed by atoms with Gasteiger partial charge in [0.15, 0.2) is 0 Å². The van der Waals surface area contributed by atoms with Crippen molar-refractivity contribution < 1.29 is 9.47 Å². The van der Waals surface area contributed by atoms with Crippen LogP contribution in [-0.2, 0) is 9.47 Å². The molecule has 15 heavy (non-hydrogen) atoms. The van der Waals surface area contributed by atoms with Crippen molar-refractivity contribution in [1.82, 2.24) is 0 Å². The largest absolute Gasteiger partial charge is 0.378 e. The van der Waals surface area contributed by atoms with E-state index in [0.29, 0.717) is 12.0 Å². The highest BCUT2D eigenvalue weighted by molar-refractivity contribution is 4.99. The highest BCUT2D eigenvalue weighted by Gasteiger charge is 2.22. The van der Waals surface area contributed by atoms with Crippen molar-refractivity contribution in [2.24, 2.45) is 5.92 Å². The van der Waals surface area contributed by atoms with Crippen LogP contribution in [0.5, 0.6) is 0 Å². The maximum Gasteiger partial charge on any atom is 0.104 e. The summed E-state index contributed by atoms with van der Waals surface area (Å²) in [5.41, 5.74) is 0. The van der Waals surface area contributed by atoms with Crippen molar-refractivity contribution in [3.63, 3.8) is 0 Å². The van der Waals surface area contributed by atoms with Crippen LogP contribution in [0.25, 0.3) is 0 Å². The summed E-state index contributed by atoms with van der Waals surface area (Å²) in [5.74, 6) is 0.642. The SMILES string of the molecule is CC(C)COCC1CO1.c1ccccc1. The van der Waals surface area contributed by atoms with Gasteiger partial charge in [-0.05, 0) is 5.92 Å². The maximum atomic E-state index is 5.29. The molecule has 1 aliphatic rings. The second-order valence-corrected chi connectivity index (χ2v) is 4.04. The van der Waals surface area contributed by atoms with Gasteiger partial charge in [0.25, 0.3) is 0 Å². The van der Waals surface area contributed by atoms with E-state index in [-0.39, 0.29) is 0 Å². The molecule has 1 saturated heterocycles. The molecule has 1 heterocycles. The summed E-state index contributed by atoms with van der Waals surface area (Å²) in [6.45, 7) is 6.84. The molecule has 0 N–H and O–H groups in total. The molecule has 0 radical (unpaired) electrons. The van der Waals surface area contributed by atoms with E-state index in [1.807, 2.05) is 36.4 Å². The second kappa shape index (κ2) is 7.43. The highest BCUT2D eigenvalue weighted by atomic mass is 16.6. The van der Waals surface area contributed by atoms with E-state index in [9.17, 15) is 0 Å². The molecule has 2 heteroatoms. The zero-order valence-corrected chi connectivity index (χ0v) is 9.56. The van der Waals surface area contributed by atoms with Crippen LogP contribution in [0.15, 0.2) is 36.4 Å². The van der Waals surface area contributed by atoms with Gasteiger partial charge in [-0.25, -0.2) is 0 Å². The fourth-order valence-electron chi connectivity index (χ4n) is 0.984.